The van der Waals surface area contributed by atoms with E-state index in [0.717, 1.165) is 72.0 Å². The van der Waals surface area contributed by atoms with Gasteiger partial charge in [-0.15, -0.1) is 0 Å². The highest BCUT2D eigenvalue weighted by atomic mass is 16.3. The van der Waals surface area contributed by atoms with Crippen LogP contribution in [0, 0.1) is 0 Å². The van der Waals surface area contributed by atoms with Crippen molar-refractivity contribution in [3.8, 4) is 11.1 Å². The fraction of sp³-hybridized carbons (Fsp3) is 0. The number of anilines is 3. The third-order valence-corrected chi connectivity index (χ3v) is 8.30. The molecular formula is C39H24N2O2. The molecule has 3 heterocycles. The number of furan rings is 2. The van der Waals surface area contributed by atoms with E-state index in [1.165, 1.54) is 10.9 Å². The van der Waals surface area contributed by atoms with Gasteiger partial charge in [-0.25, -0.2) is 4.98 Å². The van der Waals surface area contributed by atoms with E-state index in [1.54, 1.807) is 0 Å². The van der Waals surface area contributed by atoms with E-state index in [2.05, 4.69) is 114 Å². The first kappa shape index (κ1) is 23.8. The molecular weight excluding hydrogens is 528 g/mol. The van der Waals surface area contributed by atoms with Gasteiger partial charge in [-0.05, 0) is 70.4 Å². The molecule has 3 aromatic heterocycles. The first-order valence-corrected chi connectivity index (χ1v) is 14.4. The number of benzene rings is 6. The van der Waals surface area contributed by atoms with Crippen molar-refractivity contribution >= 4 is 71.8 Å². The lowest BCUT2D eigenvalue weighted by atomic mass is 10.0. The summed E-state index contributed by atoms with van der Waals surface area (Å²) < 4.78 is 12.9. The standard InChI is InChI=1S/C39H24N2O2/c1-2-8-25(9-3-1)26-14-16-29(17-15-26)41(30-18-19-32-31-12-6-7-13-35(31)42-37(32)24-30)39-38-33(20-21-40-39)34-22-27-10-4-5-11-28(27)23-36(34)43-38/h1-24H. The average Bonchev–Trinajstić information content (AvgIpc) is 3.62. The minimum absolute atomic E-state index is 0.723. The van der Waals surface area contributed by atoms with Gasteiger partial charge in [0.05, 0.1) is 5.69 Å². The molecule has 0 radical (unpaired) electrons. The van der Waals surface area contributed by atoms with Gasteiger partial charge in [0, 0.05) is 39.5 Å². The zero-order chi connectivity index (χ0) is 28.3. The van der Waals surface area contributed by atoms with Crippen molar-refractivity contribution in [3.63, 3.8) is 0 Å². The van der Waals surface area contributed by atoms with Gasteiger partial charge in [-0.2, -0.15) is 0 Å². The van der Waals surface area contributed by atoms with E-state index < -0.39 is 0 Å². The molecule has 4 nitrogen and oxygen atoms in total. The number of aromatic nitrogens is 1. The third-order valence-electron chi connectivity index (χ3n) is 8.30. The predicted octanol–water partition coefficient (Wildman–Crippen LogP) is 11.2. The molecule has 0 bridgehead atoms. The fourth-order valence-electron chi connectivity index (χ4n) is 6.21. The maximum absolute atomic E-state index is 6.62. The molecule has 0 atom stereocenters. The molecule has 0 fully saturated rings. The minimum Gasteiger partial charge on any atom is -0.456 e. The summed E-state index contributed by atoms with van der Waals surface area (Å²) in [5, 5.41) is 6.62. The van der Waals surface area contributed by atoms with Crippen LogP contribution in [0.25, 0.3) is 65.8 Å². The Morgan fingerprint density at radius 3 is 1.98 bits per heavy atom. The summed E-state index contributed by atoms with van der Waals surface area (Å²) in [6.45, 7) is 0. The van der Waals surface area contributed by atoms with E-state index in [1.807, 2.05) is 36.5 Å². The fourth-order valence-corrected chi connectivity index (χ4v) is 6.21. The quantitative estimate of drug-likeness (QED) is 0.218. The summed E-state index contributed by atoms with van der Waals surface area (Å²) >= 11 is 0. The number of hydrogen-bond acceptors (Lipinski definition) is 4. The molecule has 9 rings (SSSR count). The van der Waals surface area contributed by atoms with Crippen LogP contribution in [-0.2, 0) is 0 Å². The van der Waals surface area contributed by atoms with E-state index in [-0.39, 0.29) is 0 Å². The topological polar surface area (TPSA) is 42.4 Å². The van der Waals surface area contributed by atoms with Crippen molar-refractivity contribution in [2.75, 3.05) is 4.90 Å². The van der Waals surface area contributed by atoms with Gasteiger partial charge in [0.25, 0.3) is 0 Å². The van der Waals surface area contributed by atoms with Crippen molar-refractivity contribution in [1.29, 1.82) is 0 Å². The number of para-hydroxylation sites is 1. The van der Waals surface area contributed by atoms with Crippen LogP contribution >= 0.6 is 0 Å². The molecule has 0 saturated heterocycles. The number of pyridine rings is 1. The molecule has 0 aliphatic heterocycles. The molecule has 0 aliphatic carbocycles. The Kier molecular flexibility index (Phi) is 5.16. The highest BCUT2D eigenvalue weighted by Crippen LogP contribution is 2.43. The lowest BCUT2D eigenvalue weighted by molar-refractivity contribution is 0.666. The lowest BCUT2D eigenvalue weighted by Crippen LogP contribution is -2.11. The van der Waals surface area contributed by atoms with E-state index in [4.69, 9.17) is 13.8 Å². The van der Waals surface area contributed by atoms with Gasteiger partial charge in [0.15, 0.2) is 11.4 Å². The second-order valence-corrected chi connectivity index (χ2v) is 10.8. The second kappa shape index (κ2) is 9.33. The minimum atomic E-state index is 0.723. The number of fused-ring (bicyclic) bond motifs is 7. The highest BCUT2D eigenvalue weighted by molar-refractivity contribution is 6.13. The Hall–Kier alpha value is -5.87. The van der Waals surface area contributed by atoms with Gasteiger partial charge in [-0.3, -0.25) is 4.90 Å². The zero-order valence-electron chi connectivity index (χ0n) is 23.1. The molecule has 0 saturated carbocycles. The summed E-state index contributed by atoms with van der Waals surface area (Å²) in [5.74, 6) is 0.723. The van der Waals surface area contributed by atoms with E-state index in [0.29, 0.717) is 0 Å². The molecule has 6 aromatic carbocycles. The van der Waals surface area contributed by atoms with Gasteiger partial charge >= 0.3 is 0 Å². The van der Waals surface area contributed by atoms with Crippen LogP contribution in [0.3, 0.4) is 0 Å². The average molecular weight is 553 g/mol. The van der Waals surface area contributed by atoms with Crippen molar-refractivity contribution in [2.45, 2.75) is 0 Å². The largest absolute Gasteiger partial charge is 0.456 e. The molecule has 0 N–H and O–H groups in total. The van der Waals surface area contributed by atoms with Crippen molar-refractivity contribution < 1.29 is 8.83 Å². The maximum atomic E-state index is 6.62. The Morgan fingerprint density at radius 1 is 0.442 bits per heavy atom. The van der Waals surface area contributed by atoms with Gasteiger partial charge in [-0.1, -0.05) is 84.9 Å². The van der Waals surface area contributed by atoms with Crippen LogP contribution in [0.1, 0.15) is 0 Å². The first-order chi connectivity index (χ1) is 21.3. The lowest BCUT2D eigenvalue weighted by Gasteiger charge is -2.24. The van der Waals surface area contributed by atoms with Gasteiger partial charge in [0.2, 0.25) is 0 Å². The summed E-state index contributed by atoms with van der Waals surface area (Å²) in [5.41, 5.74) is 7.52. The van der Waals surface area contributed by atoms with Crippen LogP contribution in [-0.4, -0.2) is 4.98 Å². The van der Waals surface area contributed by atoms with Crippen molar-refractivity contribution in [2.24, 2.45) is 0 Å². The Bertz CT molecular complexity index is 2450. The monoisotopic (exact) mass is 552 g/mol. The first-order valence-electron chi connectivity index (χ1n) is 14.4. The Morgan fingerprint density at radius 2 is 1.12 bits per heavy atom. The van der Waals surface area contributed by atoms with E-state index in [9.17, 15) is 0 Å². The zero-order valence-corrected chi connectivity index (χ0v) is 23.1. The van der Waals surface area contributed by atoms with Crippen molar-refractivity contribution in [1.82, 2.24) is 4.98 Å². The smallest absolute Gasteiger partial charge is 0.181 e. The molecule has 0 unspecified atom stereocenters. The Balaban J connectivity index is 1.28. The molecule has 0 spiro atoms. The van der Waals surface area contributed by atoms with Crippen LogP contribution in [0.15, 0.2) is 155 Å². The summed E-state index contributed by atoms with van der Waals surface area (Å²) in [6, 6.07) is 48.3. The molecule has 4 heteroatoms. The summed E-state index contributed by atoms with van der Waals surface area (Å²) in [4.78, 5) is 7.09. The van der Waals surface area contributed by atoms with Crippen LogP contribution in [0.4, 0.5) is 17.2 Å². The normalized spacial score (nSPS) is 11.7. The number of rotatable bonds is 4. The summed E-state index contributed by atoms with van der Waals surface area (Å²) in [7, 11) is 0. The predicted molar refractivity (Wildman–Crippen MR) is 176 cm³/mol. The molecule has 0 amide bonds. The van der Waals surface area contributed by atoms with Crippen LogP contribution in [0.5, 0.6) is 0 Å². The third kappa shape index (κ3) is 3.81. The SMILES string of the molecule is c1ccc(-c2ccc(N(c3ccc4c(c3)oc3ccccc34)c3nccc4c3oc3cc5ccccc5cc34)cc2)cc1. The Labute approximate surface area is 247 Å². The number of nitrogens with zero attached hydrogens (tertiary/aromatic N) is 2. The van der Waals surface area contributed by atoms with Crippen LogP contribution < -0.4 is 4.90 Å². The van der Waals surface area contributed by atoms with Crippen molar-refractivity contribution in [3.05, 3.63) is 146 Å². The maximum Gasteiger partial charge on any atom is 0.181 e. The van der Waals surface area contributed by atoms with Crippen LogP contribution in [0.2, 0.25) is 0 Å². The molecule has 0 aliphatic rings. The van der Waals surface area contributed by atoms with Gasteiger partial charge < -0.3 is 8.83 Å². The molecule has 9 aromatic rings. The highest BCUT2D eigenvalue weighted by Gasteiger charge is 2.22. The second-order valence-electron chi connectivity index (χ2n) is 10.8. The number of hydrogen-bond donors (Lipinski definition) is 0. The molecule has 202 valence electrons. The summed E-state index contributed by atoms with van der Waals surface area (Å²) in [6.07, 6.45) is 1.87. The van der Waals surface area contributed by atoms with E-state index >= 15 is 0 Å². The van der Waals surface area contributed by atoms with Gasteiger partial charge in [0.1, 0.15) is 16.7 Å². The molecule has 43 heavy (non-hydrogen) atoms.